The van der Waals surface area contributed by atoms with Gasteiger partial charge in [-0.25, -0.2) is 0 Å². The largest absolute Gasteiger partial charge is 0.465 e. The molecular weight excluding hydrogens is 184 g/mol. The Balaban J connectivity index is 2.63. The van der Waals surface area contributed by atoms with Crippen molar-refractivity contribution in [2.24, 2.45) is 5.41 Å². The molecule has 0 aliphatic carbocycles. The summed E-state index contributed by atoms with van der Waals surface area (Å²) in [7, 11) is 1.60. The van der Waals surface area contributed by atoms with Crippen molar-refractivity contribution < 1.29 is 19.1 Å². The predicted octanol–water partition coefficient (Wildman–Crippen LogP) is 0.935. The predicted molar refractivity (Wildman–Crippen MR) is 49.8 cm³/mol. The Bertz CT molecular complexity index is 236. The number of ether oxygens (including phenoxy) is 2. The van der Waals surface area contributed by atoms with Gasteiger partial charge in [0.05, 0.1) is 6.61 Å². The molecule has 14 heavy (non-hydrogen) atoms. The standard InChI is InChI=1S/C10H16O4/c1-8(11)10(4-3-6-13-2)5-7-14-9(10)12/h3-7H2,1-2H3. The number of hydrogen-bond acceptors (Lipinski definition) is 4. The van der Waals surface area contributed by atoms with Crippen LogP contribution in [0, 0.1) is 5.41 Å². The van der Waals surface area contributed by atoms with E-state index in [-0.39, 0.29) is 11.8 Å². The minimum Gasteiger partial charge on any atom is -0.465 e. The summed E-state index contributed by atoms with van der Waals surface area (Å²) < 4.78 is 9.76. The van der Waals surface area contributed by atoms with Gasteiger partial charge in [0, 0.05) is 20.1 Å². The quantitative estimate of drug-likeness (QED) is 0.376. The molecule has 1 unspecified atom stereocenters. The first-order chi connectivity index (χ1) is 6.63. The van der Waals surface area contributed by atoms with E-state index in [4.69, 9.17) is 9.47 Å². The molecule has 1 rings (SSSR count). The molecule has 1 atom stereocenters. The number of methoxy groups -OCH3 is 1. The fourth-order valence-corrected chi connectivity index (χ4v) is 1.80. The van der Waals surface area contributed by atoms with Gasteiger partial charge in [0.15, 0.2) is 0 Å². The minimum absolute atomic E-state index is 0.0869. The first kappa shape index (κ1) is 11.2. The summed E-state index contributed by atoms with van der Waals surface area (Å²) in [5.41, 5.74) is -0.876. The lowest BCUT2D eigenvalue weighted by Crippen LogP contribution is -2.34. The molecule has 4 heteroatoms. The highest BCUT2D eigenvalue weighted by molar-refractivity contribution is 6.03. The Labute approximate surface area is 83.6 Å². The Hall–Kier alpha value is -0.900. The van der Waals surface area contributed by atoms with Crippen molar-refractivity contribution in [3.63, 3.8) is 0 Å². The Morgan fingerprint density at radius 2 is 2.36 bits per heavy atom. The van der Waals surface area contributed by atoms with Gasteiger partial charge in [0.2, 0.25) is 0 Å². The van der Waals surface area contributed by atoms with Gasteiger partial charge in [-0.15, -0.1) is 0 Å². The van der Waals surface area contributed by atoms with Crippen LogP contribution < -0.4 is 0 Å². The van der Waals surface area contributed by atoms with E-state index in [2.05, 4.69) is 0 Å². The van der Waals surface area contributed by atoms with Crippen LogP contribution in [0.5, 0.6) is 0 Å². The summed E-state index contributed by atoms with van der Waals surface area (Å²) >= 11 is 0. The number of esters is 1. The van der Waals surface area contributed by atoms with Gasteiger partial charge in [-0.1, -0.05) is 0 Å². The summed E-state index contributed by atoms with van der Waals surface area (Å²) in [5.74, 6) is -0.447. The fraction of sp³-hybridized carbons (Fsp3) is 0.800. The topological polar surface area (TPSA) is 52.6 Å². The molecule has 1 heterocycles. The molecule has 0 spiro atoms. The van der Waals surface area contributed by atoms with Crippen molar-refractivity contribution in [3.8, 4) is 0 Å². The lowest BCUT2D eigenvalue weighted by molar-refractivity contribution is -0.151. The van der Waals surface area contributed by atoms with Crippen LogP contribution in [0.3, 0.4) is 0 Å². The molecule has 0 amide bonds. The maximum Gasteiger partial charge on any atom is 0.319 e. The van der Waals surface area contributed by atoms with Crippen LogP contribution in [0.1, 0.15) is 26.2 Å². The van der Waals surface area contributed by atoms with E-state index in [0.29, 0.717) is 32.5 Å². The van der Waals surface area contributed by atoms with E-state index in [9.17, 15) is 9.59 Å². The van der Waals surface area contributed by atoms with Crippen LogP contribution in [0.15, 0.2) is 0 Å². The van der Waals surface area contributed by atoms with Crippen LogP contribution in [0.4, 0.5) is 0 Å². The molecule has 0 aromatic heterocycles. The third kappa shape index (κ3) is 1.95. The van der Waals surface area contributed by atoms with Crippen molar-refractivity contribution in [2.45, 2.75) is 26.2 Å². The van der Waals surface area contributed by atoms with Crippen molar-refractivity contribution in [2.75, 3.05) is 20.3 Å². The lowest BCUT2D eigenvalue weighted by atomic mass is 9.78. The molecule has 80 valence electrons. The zero-order valence-electron chi connectivity index (χ0n) is 8.67. The van der Waals surface area contributed by atoms with E-state index in [1.54, 1.807) is 7.11 Å². The maximum absolute atomic E-state index is 11.4. The Kier molecular flexibility index (Phi) is 3.63. The fourth-order valence-electron chi connectivity index (χ4n) is 1.80. The van der Waals surface area contributed by atoms with E-state index < -0.39 is 5.41 Å². The molecule has 4 nitrogen and oxygen atoms in total. The van der Waals surface area contributed by atoms with Crippen LogP contribution in [0.25, 0.3) is 0 Å². The summed E-state index contributed by atoms with van der Waals surface area (Å²) in [6.45, 7) is 2.40. The molecule has 0 saturated carbocycles. The van der Waals surface area contributed by atoms with Gasteiger partial charge in [-0.3, -0.25) is 9.59 Å². The van der Waals surface area contributed by atoms with Crippen LogP contribution in [0.2, 0.25) is 0 Å². The molecule has 1 saturated heterocycles. The number of carbonyl (C=O) groups excluding carboxylic acids is 2. The lowest BCUT2D eigenvalue weighted by Gasteiger charge is -2.20. The van der Waals surface area contributed by atoms with Gasteiger partial charge < -0.3 is 9.47 Å². The van der Waals surface area contributed by atoms with Crippen molar-refractivity contribution in [1.29, 1.82) is 0 Å². The van der Waals surface area contributed by atoms with Crippen molar-refractivity contribution >= 4 is 11.8 Å². The molecule has 1 aliphatic rings. The Morgan fingerprint density at radius 3 is 2.79 bits per heavy atom. The van der Waals surface area contributed by atoms with Gasteiger partial charge in [0.25, 0.3) is 0 Å². The average Bonchev–Trinajstić information content (AvgIpc) is 2.49. The first-order valence-corrected chi connectivity index (χ1v) is 4.81. The molecular formula is C10H16O4. The zero-order chi connectivity index (χ0) is 10.6. The minimum atomic E-state index is -0.876. The average molecular weight is 200 g/mol. The molecule has 0 radical (unpaired) electrons. The second-order valence-corrected chi connectivity index (χ2v) is 3.62. The second kappa shape index (κ2) is 4.55. The number of cyclic esters (lactones) is 1. The van der Waals surface area contributed by atoms with Crippen LogP contribution in [-0.4, -0.2) is 32.1 Å². The van der Waals surface area contributed by atoms with Gasteiger partial charge >= 0.3 is 5.97 Å². The van der Waals surface area contributed by atoms with Gasteiger partial charge in [-0.05, 0) is 19.8 Å². The summed E-state index contributed by atoms with van der Waals surface area (Å²) in [5, 5.41) is 0. The van der Waals surface area contributed by atoms with Gasteiger partial charge in [-0.2, -0.15) is 0 Å². The normalized spacial score (nSPS) is 26.3. The SMILES string of the molecule is COCCCC1(C(C)=O)CCOC1=O. The highest BCUT2D eigenvalue weighted by Gasteiger charge is 2.48. The molecule has 0 N–H and O–H groups in total. The van der Waals surface area contributed by atoms with E-state index in [1.807, 2.05) is 0 Å². The number of Topliss-reactive ketones (excluding diaryl/α,β-unsaturated/α-hetero) is 1. The summed E-state index contributed by atoms with van der Waals surface area (Å²) in [4.78, 5) is 22.9. The van der Waals surface area contributed by atoms with Crippen molar-refractivity contribution in [3.05, 3.63) is 0 Å². The van der Waals surface area contributed by atoms with E-state index >= 15 is 0 Å². The smallest absolute Gasteiger partial charge is 0.319 e. The van der Waals surface area contributed by atoms with Gasteiger partial charge in [0.1, 0.15) is 11.2 Å². The highest BCUT2D eigenvalue weighted by Crippen LogP contribution is 2.35. The van der Waals surface area contributed by atoms with Crippen molar-refractivity contribution in [1.82, 2.24) is 0 Å². The molecule has 0 aromatic carbocycles. The summed E-state index contributed by atoms with van der Waals surface area (Å²) in [6.07, 6.45) is 1.77. The monoisotopic (exact) mass is 200 g/mol. The van der Waals surface area contributed by atoms with Crippen LogP contribution in [-0.2, 0) is 19.1 Å². The maximum atomic E-state index is 11.4. The third-order valence-corrected chi connectivity index (χ3v) is 2.78. The first-order valence-electron chi connectivity index (χ1n) is 4.81. The molecule has 0 aromatic rings. The molecule has 0 bridgehead atoms. The number of hydrogen-bond donors (Lipinski definition) is 0. The zero-order valence-corrected chi connectivity index (χ0v) is 8.67. The van der Waals surface area contributed by atoms with Crippen LogP contribution >= 0.6 is 0 Å². The summed E-state index contributed by atoms with van der Waals surface area (Å²) in [6, 6.07) is 0. The number of ketones is 1. The van der Waals surface area contributed by atoms with E-state index in [0.717, 1.165) is 0 Å². The third-order valence-electron chi connectivity index (χ3n) is 2.78. The number of rotatable bonds is 5. The number of carbonyl (C=O) groups is 2. The van der Waals surface area contributed by atoms with E-state index in [1.165, 1.54) is 6.92 Å². The highest BCUT2D eigenvalue weighted by atomic mass is 16.5. The second-order valence-electron chi connectivity index (χ2n) is 3.62. The Morgan fingerprint density at radius 1 is 1.64 bits per heavy atom. The molecule has 1 fully saturated rings. The molecule has 1 aliphatic heterocycles.